The van der Waals surface area contributed by atoms with E-state index in [-0.39, 0.29) is 28.6 Å². The molecule has 0 radical (unpaired) electrons. The Morgan fingerprint density at radius 3 is 2.53 bits per heavy atom. The first-order valence-corrected chi connectivity index (χ1v) is 12.3. The predicted molar refractivity (Wildman–Crippen MR) is 115 cm³/mol. The maximum Gasteiger partial charge on any atom is 0.215 e. The van der Waals surface area contributed by atoms with Crippen LogP contribution in [0.2, 0.25) is 0 Å². The molecule has 7 heteroatoms. The summed E-state index contributed by atoms with van der Waals surface area (Å²) in [5.41, 5.74) is 1.06. The quantitative estimate of drug-likeness (QED) is 0.592. The summed E-state index contributed by atoms with van der Waals surface area (Å²) in [6.07, 6.45) is 7.10. The Hall–Kier alpha value is -1.99. The van der Waals surface area contributed by atoms with Crippen LogP contribution in [-0.4, -0.2) is 48.3 Å². The van der Waals surface area contributed by atoms with Gasteiger partial charge in [0, 0.05) is 24.4 Å². The third kappa shape index (κ3) is 2.42. The van der Waals surface area contributed by atoms with E-state index in [0.29, 0.717) is 25.9 Å². The molecule has 1 saturated heterocycles. The van der Waals surface area contributed by atoms with Crippen LogP contribution in [0.25, 0.3) is 6.08 Å². The molecule has 3 fully saturated rings. The van der Waals surface area contributed by atoms with Gasteiger partial charge in [-0.15, -0.1) is 0 Å². The first-order chi connectivity index (χ1) is 14.2. The summed E-state index contributed by atoms with van der Waals surface area (Å²) < 4.78 is 28.5. The van der Waals surface area contributed by atoms with Crippen LogP contribution in [0.3, 0.4) is 0 Å². The lowest BCUT2D eigenvalue weighted by atomic mass is 9.70. The van der Waals surface area contributed by atoms with Crippen molar-refractivity contribution in [2.45, 2.75) is 44.9 Å². The zero-order chi connectivity index (χ0) is 21.4. The van der Waals surface area contributed by atoms with E-state index in [4.69, 9.17) is 0 Å². The number of rotatable bonds is 3. The molecule has 1 aromatic carbocycles. The molecule has 2 saturated carbocycles. The van der Waals surface area contributed by atoms with E-state index in [9.17, 15) is 18.4 Å². The molecule has 4 aliphatic rings. The number of oxime groups is 1. The molecule has 1 aliphatic heterocycles. The van der Waals surface area contributed by atoms with Crippen LogP contribution < -0.4 is 0 Å². The lowest BCUT2D eigenvalue weighted by Gasteiger charge is -2.41. The van der Waals surface area contributed by atoms with Crippen molar-refractivity contribution in [3.8, 4) is 0 Å². The van der Waals surface area contributed by atoms with Gasteiger partial charge in [0.05, 0.1) is 11.2 Å². The lowest BCUT2D eigenvalue weighted by molar-refractivity contribution is -0.123. The zero-order valence-electron chi connectivity index (χ0n) is 17.5. The summed E-state index contributed by atoms with van der Waals surface area (Å²) in [4.78, 5) is 13.1. The second kappa shape index (κ2) is 6.26. The third-order valence-electron chi connectivity index (χ3n) is 8.59. The normalized spacial score (nSPS) is 32.9. The van der Waals surface area contributed by atoms with E-state index < -0.39 is 20.9 Å². The van der Waals surface area contributed by atoms with Gasteiger partial charge in [-0.2, -0.15) is 0 Å². The highest BCUT2D eigenvalue weighted by molar-refractivity contribution is 7.89. The van der Waals surface area contributed by atoms with Crippen LogP contribution in [0.4, 0.5) is 0 Å². The molecular weight excluding hydrogens is 400 g/mol. The fourth-order valence-electron chi connectivity index (χ4n) is 6.57. The van der Waals surface area contributed by atoms with E-state index in [0.717, 1.165) is 12.8 Å². The molecule has 0 aromatic heterocycles. The van der Waals surface area contributed by atoms with E-state index >= 15 is 0 Å². The van der Waals surface area contributed by atoms with E-state index in [1.54, 1.807) is 4.31 Å². The molecule has 6 nitrogen and oxygen atoms in total. The molecule has 2 bridgehead atoms. The first kappa shape index (κ1) is 19.9. The molecule has 1 spiro atoms. The number of piperidine rings is 1. The van der Waals surface area contributed by atoms with Gasteiger partial charge in [0.2, 0.25) is 10.0 Å². The zero-order valence-corrected chi connectivity index (χ0v) is 18.3. The number of carbonyl (C=O) groups is 1. The Morgan fingerprint density at radius 1 is 1.17 bits per heavy atom. The van der Waals surface area contributed by atoms with Gasteiger partial charge in [-0.1, -0.05) is 55.4 Å². The van der Waals surface area contributed by atoms with Crippen molar-refractivity contribution < 1.29 is 18.4 Å². The standard InChI is InChI=1S/C23H28N2O4S/c1-21(2)18-8-10-23(21,20(26)19(18)24-27)15-30(28,29)25-13-11-22(12-14-25)9-7-16-5-3-4-6-17(16)22/h3-7,9,18,27H,8,10-15H2,1-2H3/t18-,23-/m1/s1. The van der Waals surface area contributed by atoms with E-state index in [2.05, 4.69) is 29.4 Å². The smallest absolute Gasteiger partial charge is 0.215 e. The molecule has 0 unspecified atom stereocenters. The highest BCUT2D eigenvalue weighted by Crippen LogP contribution is 2.63. The number of fused-ring (bicyclic) bond motifs is 4. The molecule has 1 aromatic rings. The Kier molecular flexibility index (Phi) is 4.16. The van der Waals surface area contributed by atoms with Gasteiger partial charge in [-0.25, -0.2) is 12.7 Å². The number of ketones is 1. The number of Topliss-reactive ketones (excluding diaryl/α,β-unsaturated/α-hetero) is 1. The number of allylic oxidation sites excluding steroid dienone is 1. The highest BCUT2D eigenvalue weighted by atomic mass is 32.2. The Labute approximate surface area is 177 Å². The molecule has 30 heavy (non-hydrogen) atoms. The Bertz CT molecular complexity index is 1080. The molecule has 1 heterocycles. The average Bonchev–Trinajstić information content (AvgIpc) is 3.24. The molecule has 1 N–H and O–H groups in total. The fourth-order valence-corrected chi connectivity index (χ4v) is 8.76. The molecule has 5 rings (SSSR count). The number of nitrogens with zero attached hydrogens (tertiary/aromatic N) is 2. The van der Waals surface area contributed by atoms with Crippen LogP contribution in [-0.2, 0) is 20.2 Å². The maximum absolute atomic E-state index is 13.5. The molecule has 0 amide bonds. The minimum Gasteiger partial charge on any atom is -0.411 e. The third-order valence-corrected chi connectivity index (χ3v) is 10.6. The minimum atomic E-state index is -3.62. The topological polar surface area (TPSA) is 87.0 Å². The van der Waals surface area contributed by atoms with Gasteiger partial charge in [0.25, 0.3) is 0 Å². The van der Waals surface area contributed by atoms with Gasteiger partial charge < -0.3 is 5.21 Å². The second-order valence-electron chi connectivity index (χ2n) is 9.94. The van der Waals surface area contributed by atoms with E-state index in [1.807, 2.05) is 26.0 Å². The summed E-state index contributed by atoms with van der Waals surface area (Å²) >= 11 is 0. The Morgan fingerprint density at radius 2 is 1.87 bits per heavy atom. The van der Waals surface area contributed by atoms with Gasteiger partial charge >= 0.3 is 0 Å². The summed E-state index contributed by atoms with van der Waals surface area (Å²) in [5.74, 6) is -0.647. The van der Waals surface area contributed by atoms with Gasteiger partial charge in [-0.05, 0) is 42.2 Å². The monoisotopic (exact) mass is 428 g/mol. The van der Waals surface area contributed by atoms with Crippen LogP contribution in [0, 0.1) is 16.7 Å². The van der Waals surface area contributed by atoms with Crippen molar-refractivity contribution >= 4 is 27.6 Å². The maximum atomic E-state index is 13.5. The Balaban J connectivity index is 1.38. The van der Waals surface area contributed by atoms with Crippen LogP contribution in [0.1, 0.15) is 50.7 Å². The van der Waals surface area contributed by atoms with Crippen molar-refractivity contribution in [1.82, 2.24) is 4.31 Å². The molecule has 160 valence electrons. The molecule has 2 atom stereocenters. The predicted octanol–water partition coefficient (Wildman–Crippen LogP) is 3.21. The largest absolute Gasteiger partial charge is 0.411 e. The fraction of sp³-hybridized carbons (Fsp3) is 0.565. The number of carbonyl (C=O) groups excluding carboxylic acids is 1. The number of hydrogen-bond donors (Lipinski definition) is 1. The van der Waals surface area contributed by atoms with Crippen molar-refractivity contribution in [2.75, 3.05) is 18.8 Å². The number of hydrogen-bond acceptors (Lipinski definition) is 5. The summed E-state index contributed by atoms with van der Waals surface area (Å²) in [5, 5.41) is 12.6. The van der Waals surface area contributed by atoms with Crippen molar-refractivity contribution in [3.63, 3.8) is 0 Å². The van der Waals surface area contributed by atoms with Gasteiger partial charge in [0.1, 0.15) is 5.71 Å². The van der Waals surface area contributed by atoms with Crippen molar-refractivity contribution in [1.29, 1.82) is 0 Å². The van der Waals surface area contributed by atoms with Gasteiger partial charge in [0.15, 0.2) is 5.78 Å². The van der Waals surface area contributed by atoms with E-state index in [1.165, 1.54) is 11.1 Å². The molecular formula is C23H28N2O4S. The van der Waals surface area contributed by atoms with Gasteiger partial charge in [-0.3, -0.25) is 4.79 Å². The minimum absolute atomic E-state index is 0.0848. The second-order valence-corrected chi connectivity index (χ2v) is 11.9. The number of sulfonamides is 1. The SMILES string of the molecule is CC1(C)[C@@H]2CC[C@@]1(CS(=O)(=O)N1CCC3(C=Cc4ccccc43)CC1)C(=O)C2=NO. The summed E-state index contributed by atoms with van der Waals surface area (Å²) in [6, 6.07) is 8.32. The average molecular weight is 429 g/mol. The lowest BCUT2D eigenvalue weighted by Crippen LogP contribution is -2.50. The van der Waals surface area contributed by atoms with Crippen LogP contribution >= 0.6 is 0 Å². The number of benzene rings is 1. The first-order valence-electron chi connectivity index (χ1n) is 10.7. The van der Waals surface area contributed by atoms with Crippen LogP contribution in [0.15, 0.2) is 35.5 Å². The van der Waals surface area contributed by atoms with Crippen LogP contribution in [0.5, 0.6) is 0 Å². The van der Waals surface area contributed by atoms with Crippen molar-refractivity contribution in [3.05, 3.63) is 41.5 Å². The molecule has 3 aliphatic carbocycles. The highest BCUT2D eigenvalue weighted by Gasteiger charge is 2.69. The summed E-state index contributed by atoms with van der Waals surface area (Å²) in [7, 11) is -3.62. The van der Waals surface area contributed by atoms with Crippen molar-refractivity contribution in [2.24, 2.45) is 21.9 Å². The summed E-state index contributed by atoms with van der Waals surface area (Å²) in [6.45, 7) is 4.80.